The summed E-state index contributed by atoms with van der Waals surface area (Å²) >= 11 is 5.96. The number of carbonyl (C=O) groups is 1. The minimum absolute atomic E-state index is 0.0287. The second-order valence-corrected chi connectivity index (χ2v) is 11.9. The summed E-state index contributed by atoms with van der Waals surface area (Å²) in [6, 6.07) is 15.9. The molecule has 0 radical (unpaired) electrons. The quantitative estimate of drug-likeness (QED) is 0.350. The van der Waals surface area contributed by atoms with Crippen molar-refractivity contribution in [2.24, 2.45) is 0 Å². The molecular formula is C32H33ClFN3O5. The van der Waals surface area contributed by atoms with Crippen molar-refractivity contribution in [2.75, 3.05) is 49.6 Å². The molecule has 3 aromatic carbocycles. The summed E-state index contributed by atoms with van der Waals surface area (Å²) in [6.45, 7) is 4.37. The number of aromatic carboxylic acids is 1. The van der Waals surface area contributed by atoms with E-state index < -0.39 is 17.9 Å². The molecule has 220 valence electrons. The summed E-state index contributed by atoms with van der Waals surface area (Å²) in [6.07, 6.45) is 2.57. The first-order valence-electron chi connectivity index (χ1n) is 14.5. The summed E-state index contributed by atoms with van der Waals surface area (Å²) in [5.74, 6) is 0.369. The van der Waals surface area contributed by atoms with Crippen LogP contribution in [-0.2, 0) is 4.74 Å². The zero-order valence-corrected chi connectivity index (χ0v) is 23.9. The van der Waals surface area contributed by atoms with E-state index in [9.17, 15) is 14.3 Å². The molecule has 4 aliphatic heterocycles. The number of piperidine rings is 1. The number of likely N-dealkylation sites (tertiary alicyclic amines) is 1. The molecule has 4 aliphatic rings. The Morgan fingerprint density at radius 1 is 1.05 bits per heavy atom. The fraction of sp³-hybridized carbons (Fsp3) is 0.406. The predicted octanol–water partition coefficient (Wildman–Crippen LogP) is 5.92. The monoisotopic (exact) mass is 593 g/mol. The zero-order chi connectivity index (χ0) is 28.8. The van der Waals surface area contributed by atoms with Crippen molar-refractivity contribution in [1.82, 2.24) is 4.90 Å². The Morgan fingerprint density at radius 2 is 1.88 bits per heavy atom. The van der Waals surface area contributed by atoms with Crippen LogP contribution in [0.15, 0.2) is 54.6 Å². The Balaban J connectivity index is 1.03. The van der Waals surface area contributed by atoms with Gasteiger partial charge in [0.25, 0.3) is 0 Å². The average molecular weight is 594 g/mol. The highest BCUT2D eigenvalue weighted by molar-refractivity contribution is 6.30. The zero-order valence-electron chi connectivity index (χ0n) is 23.1. The lowest BCUT2D eigenvalue weighted by atomic mass is 9.88. The van der Waals surface area contributed by atoms with Crippen molar-refractivity contribution in [3.63, 3.8) is 0 Å². The highest BCUT2D eigenvalue weighted by Crippen LogP contribution is 2.45. The normalized spacial score (nSPS) is 23.7. The lowest BCUT2D eigenvalue weighted by molar-refractivity contribution is -0.0452. The van der Waals surface area contributed by atoms with E-state index in [-0.39, 0.29) is 24.4 Å². The first-order valence-corrected chi connectivity index (χ1v) is 14.9. The van der Waals surface area contributed by atoms with Crippen LogP contribution >= 0.6 is 11.6 Å². The molecule has 3 aromatic rings. The van der Waals surface area contributed by atoms with Crippen LogP contribution in [0.1, 0.15) is 52.8 Å². The molecule has 0 aliphatic carbocycles. The van der Waals surface area contributed by atoms with E-state index in [0.29, 0.717) is 28.0 Å². The maximum atomic E-state index is 14.7. The second-order valence-electron chi connectivity index (χ2n) is 11.5. The number of hydrogen-bond donors (Lipinski definition) is 2. The van der Waals surface area contributed by atoms with Gasteiger partial charge in [0.15, 0.2) is 17.6 Å². The van der Waals surface area contributed by atoms with Gasteiger partial charge in [0.05, 0.1) is 23.0 Å². The molecule has 0 bridgehead atoms. The van der Waals surface area contributed by atoms with Crippen molar-refractivity contribution in [3.05, 3.63) is 82.1 Å². The van der Waals surface area contributed by atoms with Crippen LogP contribution in [0.5, 0.6) is 11.5 Å². The van der Waals surface area contributed by atoms with Crippen LogP contribution in [0.4, 0.5) is 15.8 Å². The SMILES string of the molecule is O=C(O)c1ccc2c(c1)N(CC1CCO1)C(CN1CCC(c3cccc4c3OC(c3ccc(Cl)cc3F)CO4)CC1)N2. The van der Waals surface area contributed by atoms with Gasteiger partial charge in [-0.1, -0.05) is 29.8 Å². The maximum absolute atomic E-state index is 14.7. The van der Waals surface area contributed by atoms with Crippen LogP contribution in [0.2, 0.25) is 5.02 Å². The van der Waals surface area contributed by atoms with E-state index in [1.807, 2.05) is 18.2 Å². The standard InChI is InChI=1S/C32H33ClFN3O5/c33-21-5-6-24(25(34)15-21)29-18-41-28-3-1-2-23(31(28)42-29)19-8-11-36(12-9-19)17-30-35-26-7-4-20(32(38)39)14-27(26)37(30)16-22-10-13-40-22/h1-7,14-15,19,22,29-30,35H,8-13,16-18H2,(H,38,39). The molecule has 7 rings (SSSR count). The number of hydrogen-bond acceptors (Lipinski definition) is 7. The topological polar surface area (TPSA) is 83.5 Å². The van der Waals surface area contributed by atoms with Crippen LogP contribution in [0.25, 0.3) is 0 Å². The molecule has 2 fully saturated rings. The molecule has 42 heavy (non-hydrogen) atoms. The number of carboxylic acid groups (broad SMARTS) is 1. The van der Waals surface area contributed by atoms with Crippen LogP contribution in [0.3, 0.4) is 0 Å². The molecular weight excluding hydrogens is 561 g/mol. The van der Waals surface area contributed by atoms with E-state index in [1.54, 1.807) is 24.3 Å². The number of carboxylic acids is 1. The summed E-state index contributed by atoms with van der Waals surface area (Å²) in [4.78, 5) is 16.4. The van der Waals surface area contributed by atoms with E-state index >= 15 is 0 Å². The third-order valence-corrected chi connectivity index (χ3v) is 9.11. The van der Waals surface area contributed by atoms with Gasteiger partial charge in [-0.3, -0.25) is 4.90 Å². The van der Waals surface area contributed by atoms with Gasteiger partial charge in [-0.25, -0.2) is 9.18 Å². The van der Waals surface area contributed by atoms with Gasteiger partial charge in [0.1, 0.15) is 18.6 Å². The number of rotatable bonds is 7. The van der Waals surface area contributed by atoms with E-state index in [2.05, 4.69) is 21.2 Å². The third kappa shape index (κ3) is 5.25. The van der Waals surface area contributed by atoms with Gasteiger partial charge in [-0.15, -0.1) is 0 Å². The maximum Gasteiger partial charge on any atom is 0.335 e. The first-order chi connectivity index (χ1) is 20.4. The number of ether oxygens (including phenoxy) is 3. The van der Waals surface area contributed by atoms with Gasteiger partial charge < -0.3 is 29.5 Å². The fourth-order valence-electron chi connectivity index (χ4n) is 6.49. The Bertz CT molecular complexity index is 1490. The van der Waals surface area contributed by atoms with Crippen molar-refractivity contribution in [2.45, 2.75) is 43.6 Å². The molecule has 2 saturated heterocycles. The lowest BCUT2D eigenvalue weighted by Crippen LogP contribution is -2.51. The molecule has 3 unspecified atom stereocenters. The number of nitrogens with one attached hydrogen (secondary N) is 1. The number of benzene rings is 3. The van der Waals surface area contributed by atoms with Gasteiger partial charge in [0.2, 0.25) is 0 Å². The second kappa shape index (κ2) is 11.3. The summed E-state index contributed by atoms with van der Waals surface area (Å²) < 4.78 is 32.8. The molecule has 0 spiro atoms. The summed E-state index contributed by atoms with van der Waals surface area (Å²) in [7, 11) is 0. The number of fused-ring (bicyclic) bond motifs is 2. The van der Waals surface area contributed by atoms with Gasteiger partial charge in [0, 0.05) is 35.8 Å². The molecule has 0 saturated carbocycles. The third-order valence-electron chi connectivity index (χ3n) is 8.87. The van der Waals surface area contributed by atoms with Crippen LogP contribution in [0, 0.1) is 5.82 Å². The van der Waals surface area contributed by atoms with Gasteiger partial charge >= 0.3 is 5.97 Å². The largest absolute Gasteiger partial charge is 0.485 e. The predicted molar refractivity (Wildman–Crippen MR) is 158 cm³/mol. The highest BCUT2D eigenvalue weighted by Gasteiger charge is 2.36. The summed E-state index contributed by atoms with van der Waals surface area (Å²) in [5.41, 5.74) is 3.70. The lowest BCUT2D eigenvalue weighted by Gasteiger charge is -2.39. The number of para-hydroxylation sites is 1. The number of nitrogens with zero attached hydrogens (tertiary/aromatic N) is 2. The molecule has 0 amide bonds. The van der Waals surface area contributed by atoms with E-state index in [4.69, 9.17) is 25.8 Å². The average Bonchev–Trinajstić information content (AvgIpc) is 3.30. The van der Waals surface area contributed by atoms with Gasteiger partial charge in [-0.2, -0.15) is 0 Å². The Labute approximate surface area is 248 Å². The molecule has 10 heteroatoms. The molecule has 8 nitrogen and oxygen atoms in total. The Hall–Kier alpha value is -3.53. The molecule has 4 heterocycles. The number of halogens is 2. The highest BCUT2D eigenvalue weighted by atomic mass is 35.5. The van der Waals surface area contributed by atoms with E-state index in [0.717, 1.165) is 69.0 Å². The minimum Gasteiger partial charge on any atom is -0.485 e. The molecule has 3 atom stereocenters. The fourth-order valence-corrected chi connectivity index (χ4v) is 6.65. The van der Waals surface area contributed by atoms with Crippen LogP contribution in [-0.4, -0.2) is 67.6 Å². The molecule has 2 N–H and O–H groups in total. The van der Waals surface area contributed by atoms with Crippen LogP contribution < -0.4 is 19.7 Å². The van der Waals surface area contributed by atoms with Gasteiger partial charge in [-0.05, 0) is 74.7 Å². The first kappa shape index (κ1) is 27.3. The van der Waals surface area contributed by atoms with Crippen molar-refractivity contribution in [3.8, 4) is 11.5 Å². The smallest absolute Gasteiger partial charge is 0.335 e. The Kier molecular flexibility index (Phi) is 7.34. The van der Waals surface area contributed by atoms with Crippen molar-refractivity contribution in [1.29, 1.82) is 0 Å². The van der Waals surface area contributed by atoms with Crippen molar-refractivity contribution >= 4 is 28.9 Å². The molecule has 0 aromatic heterocycles. The Morgan fingerprint density at radius 3 is 2.62 bits per heavy atom. The van der Waals surface area contributed by atoms with E-state index in [1.165, 1.54) is 6.07 Å². The number of anilines is 2. The minimum atomic E-state index is -0.926. The van der Waals surface area contributed by atoms with Crippen molar-refractivity contribution < 1.29 is 28.5 Å². The summed E-state index contributed by atoms with van der Waals surface area (Å²) in [5, 5.41) is 13.5.